The van der Waals surface area contributed by atoms with Crippen LogP contribution in [0.2, 0.25) is 0 Å². The van der Waals surface area contributed by atoms with E-state index < -0.39 is 0 Å². The van der Waals surface area contributed by atoms with Gasteiger partial charge in [0.2, 0.25) is 5.91 Å². The largest absolute Gasteiger partial charge is 0.368 e. The Morgan fingerprint density at radius 1 is 1.39 bits per heavy atom. The summed E-state index contributed by atoms with van der Waals surface area (Å²) in [7, 11) is 0. The van der Waals surface area contributed by atoms with E-state index in [0.29, 0.717) is 13.2 Å². The fraction of sp³-hybridized carbons (Fsp3) is 0.846. The van der Waals surface area contributed by atoms with Gasteiger partial charge in [0, 0.05) is 18.7 Å². The van der Waals surface area contributed by atoms with Crippen LogP contribution in [0.5, 0.6) is 0 Å². The molecule has 104 valence electrons. The quantitative estimate of drug-likeness (QED) is 0.814. The molecular formula is C13H24N2O3. The van der Waals surface area contributed by atoms with Gasteiger partial charge < -0.3 is 15.0 Å². The summed E-state index contributed by atoms with van der Waals surface area (Å²) in [5.41, 5.74) is -0.274. The van der Waals surface area contributed by atoms with Crippen molar-refractivity contribution in [2.75, 3.05) is 19.7 Å². The summed E-state index contributed by atoms with van der Waals surface area (Å²) in [4.78, 5) is 25.5. The molecule has 5 heteroatoms. The molecule has 1 fully saturated rings. The van der Waals surface area contributed by atoms with Gasteiger partial charge >= 0.3 is 0 Å². The molecule has 1 rings (SSSR count). The average Bonchev–Trinajstić information content (AvgIpc) is 2.75. The summed E-state index contributed by atoms with van der Waals surface area (Å²) in [5.74, 6) is -0.199. The van der Waals surface area contributed by atoms with Gasteiger partial charge in [0.1, 0.15) is 6.10 Å². The minimum Gasteiger partial charge on any atom is -0.368 e. The van der Waals surface area contributed by atoms with Crippen LogP contribution in [-0.4, -0.2) is 48.1 Å². The number of nitrogens with one attached hydrogen (secondary N) is 1. The zero-order chi connectivity index (χ0) is 13.8. The highest BCUT2D eigenvalue weighted by atomic mass is 16.5. The van der Waals surface area contributed by atoms with Crippen molar-refractivity contribution in [3.05, 3.63) is 0 Å². The Balaban J connectivity index is 2.50. The Morgan fingerprint density at radius 3 is 2.50 bits per heavy atom. The number of amides is 2. The van der Waals surface area contributed by atoms with Crippen LogP contribution in [0.1, 0.15) is 40.5 Å². The van der Waals surface area contributed by atoms with Gasteiger partial charge in [0.05, 0.1) is 6.54 Å². The number of carbonyl (C=O) groups is 2. The molecule has 0 aliphatic carbocycles. The smallest absolute Gasteiger partial charge is 0.252 e. The molecular weight excluding hydrogens is 232 g/mol. The lowest BCUT2D eigenvalue weighted by molar-refractivity contribution is -0.144. The zero-order valence-electron chi connectivity index (χ0n) is 11.8. The molecule has 18 heavy (non-hydrogen) atoms. The van der Waals surface area contributed by atoms with E-state index >= 15 is 0 Å². The third kappa shape index (κ3) is 4.64. The molecule has 1 aliphatic heterocycles. The molecule has 1 saturated heterocycles. The minimum absolute atomic E-state index is 0.0703. The molecule has 1 unspecified atom stereocenters. The SMILES string of the molecule is CCN(CC(=O)NC(C)(C)C)C(=O)C1CCCO1. The van der Waals surface area contributed by atoms with Crippen LogP contribution >= 0.6 is 0 Å². The van der Waals surface area contributed by atoms with Crippen LogP contribution in [0.3, 0.4) is 0 Å². The number of hydrogen-bond acceptors (Lipinski definition) is 3. The van der Waals surface area contributed by atoms with Crippen LogP contribution in [0.15, 0.2) is 0 Å². The second-order valence-corrected chi connectivity index (χ2v) is 5.65. The van der Waals surface area contributed by atoms with Crippen LogP contribution in [-0.2, 0) is 14.3 Å². The Hall–Kier alpha value is -1.10. The average molecular weight is 256 g/mol. The lowest BCUT2D eigenvalue weighted by Gasteiger charge is -2.26. The van der Waals surface area contributed by atoms with Gasteiger partial charge in [-0.25, -0.2) is 0 Å². The third-order valence-electron chi connectivity index (χ3n) is 2.75. The van der Waals surface area contributed by atoms with Gasteiger partial charge in [-0.1, -0.05) is 0 Å². The fourth-order valence-electron chi connectivity index (χ4n) is 1.95. The third-order valence-corrected chi connectivity index (χ3v) is 2.75. The highest BCUT2D eigenvalue weighted by molar-refractivity contribution is 5.87. The molecule has 2 amide bonds. The Bertz CT molecular complexity index is 304. The maximum absolute atomic E-state index is 12.1. The molecule has 0 aromatic heterocycles. The van der Waals surface area contributed by atoms with E-state index in [0.717, 1.165) is 12.8 Å². The lowest BCUT2D eigenvalue weighted by Crippen LogP contribution is -2.49. The standard InChI is InChI=1S/C13H24N2O3/c1-5-15(9-11(16)14-13(2,3)4)12(17)10-7-6-8-18-10/h10H,5-9H2,1-4H3,(H,14,16). The summed E-state index contributed by atoms with van der Waals surface area (Å²) in [6.07, 6.45) is 1.32. The number of nitrogens with zero attached hydrogens (tertiary/aromatic N) is 1. The molecule has 5 nitrogen and oxygen atoms in total. The van der Waals surface area contributed by atoms with Gasteiger partial charge in [-0.3, -0.25) is 9.59 Å². The van der Waals surface area contributed by atoms with Crippen molar-refractivity contribution >= 4 is 11.8 Å². The minimum atomic E-state index is -0.354. The van der Waals surface area contributed by atoms with E-state index in [-0.39, 0.29) is 30.0 Å². The molecule has 1 aliphatic rings. The highest BCUT2D eigenvalue weighted by Crippen LogP contribution is 2.14. The number of rotatable bonds is 4. The summed E-state index contributed by atoms with van der Waals surface area (Å²) < 4.78 is 5.36. The molecule has 0 radical (unpaired) electrons. The van der Waals surface area contributed by atoms with E-state index in [4.69, 9.17) is 4.74 Å². The molecule has 0 aromatic carbocycles. The molecule has 1 heterocycles. The van der Waals surface area contributed by atoms with Crippen molar-refractivity contribution in [2.45, 2.75) is 52.2 Å². The summed E-state index contributed by atoms with van der Waals surface area (Å²) in [6.45, 7) is 8.90. The maximum atomic E-state index is 12.1. The normalized spacial score (nSPS) is 19.7. The predicted octanol–water partition coefficient (Wildman–Crippen LogP) is 0.929. The molecule has 1 atom stereocenters. The van der Waals surface area contributed by atoms with Gasteiger partial charge in [-0.05, 0) is 40.5 Å². The number of ether oxygens (including phenoxy) is 1. The molecule has 1 N–H and O–H groups in total. The molecule has 0 bridgehead atoms. The van der Waals surface area contributed by atoms with Crippen molar-refractivity contribution in [3.63, 3.8) is 0 Å². The Kier molecular flexibility index (Phi) is 5.14. The Morgan fingerprint density at radius 2 is 2.06 bits per heavy atom. The summed E-state index contributed by atoms with van der Waals surface area (Å²) in [5, 5.41) is 2.86. The lowest BCUT2D eigenvalue weighted by atomic mass is 10.1. The van der Waals surface area contributed by atoms with Crippen molar-refractivity contribution in [2.24, 2.45) is 0 Å². The second-order valence-electron chi connectivity index (χ2n) is 5.65. The van der Waals surface area contributed by atoms with Gasteiger partial charge in [0.15, 0.2) is 0 Å². The van der Waals surface area contributed by atoms with E-state index in [1.807, 2.05) is 27.7 Å². The first-order chi connectivity index (χ1) is 8.33. The van der Waals surface area contributed by atoms with Crippen LogP contribution in [0.4, 0.5) is 0 Å². The van der Waals surface area contributed by atoms with Crippen LogP contribution in [0.25, 0.3) is 0 Å². The van der Waals surface area contributed by atoms with Gasteiger partial charge in [0.25, 0.3) is 5.91 Å². The maximum Gasteiger partial charge on any atom is 0.252 e. The highest BCUT2D eigenvalue weighted by Gasteiger charge is 2.29. The first-order valence-corrected chi connectivity index (χ1v) is 6.55. The van der Waals surface area contributed by atoms with E-state index in [1.54, 1.807) is 4.90 Å². The molecule has 0 aromatic rings. The van der Waals surface area contributed by atoms with Gasteiger partial charge in [-0.15, -0.1) is 0 Å². The van der Waals surface area contributed by atoms with Crippen molar-refractivity contribution in [1.82, 2.24) is 10.2 Å². The second kappa shape index (κ2) is 6.18. The van der Waals surface area contributed by atoms with E-state index in [9.17, 15) is 9.59 Å². The molecule has 0 saturated carbocycles. The molecule has 0 spiro atoms. The van der Waals surface area contributed by atoms with E-state index in [1.165, 1.54) is 0 Å². The monoisotopic (exact) mass is 256 g/mol. The number of likely N-dealkylation sites (N-methyl/N-ethyl adjacent to an activating group) is 1. The number of carbonyl (C=O) groups excluding carboxylic acids is 2. The number of hydrogen-bond donors (Lipinski definition) is 1. The van der Waals surface area contributed by atoms with E-state index in [2.05, 4.69) is 5.32 Å². The summed E-state index contributed by atoms with van der Waals surface area (Å²) >= 11 is 0. The fourth-order valence-corrected chi connectivity index (χ4v) is 1.95. The van der Waals surface area contributed by atoms with Crippen LogP contribution in [0, 0.1) is 0 Å². The van der Waals surface area contributed by atoms with Crippen molar-refractivity contribution < 1.29 is 14.3 Å². The topological polar surface area (TPSA) is 58.6 Å². The van der Waals surface area contributed by atoms with Crippen LogP contribution < -0.4 is 5.32 Å². The van der Waals surface area contributed by atoms with Crippen molar-refractivity contribution in [3.8, 4) is 0 Å². The Labute approximate surface area is 109 Å². The zero-order valence-corrected chi connectivity index (χ0v) is 11.8. The first-order valence-electron chi connectivity index (χ1n) is 6.55. The van der Waals surface area contributed by atoms with Crippen molar-refractivity contribution in [1.29, 1.82) is 0 Å². The predicted molar refractivity (Wildman–Crippen MR) is 69.1 cm³/mol. The van der Waals surface area contributed by atoms with Gasteiger partial charge in [-0.2, -0.15) is 0 Å². The summed E-state index contributed by atoms with van der Waals surface area (Å²) in [6, 6.07) is 0. The first kappa shape index (κ1) is 15.0.